The van der Waals surface area contributed by atoms with E-state index in [9.17, 15) is 10.1 Å². The highest BCUT2D eigenvalue weighted by molar-refractivity contribution is 8.03. The Morgan fingerprint density at radius 3 is 2.48 bits per heavy atom. The van der Waals surface area contributed by atoms with E-state index in [-0.39, 0.29) is 11.7 Å². The molecule has 9 heteroatoms. The smallest absolute Gasteiger partial charge is 0.234 e. The number of carbonyl (C=O) groups excluding carboxylic acids is 1. The van der Waals surface area contributed by atoms with Gasteiger partial charge in [-0.05, 0) is 60.5 Å². The van der Waals surface area contributed by atoms with E-state index in [2.05, 4.69) is 16.7 Å². The summed E-state index contributed by atoms with van der Waals surface area (Å²) in [6.45, 7) is 2.49. The first kappa shape index (κ1) is 29.5. The van der Waals surface area contributed by atoms with Gasteiger partial charge in [0.2, 0.25) is 5.91 Å². The number of fused-ring (bicyclic) bond motifs is 1. The van der Waals surface area contributed by atoms with Gasteiger partial charge in [0.1, 0.15) is 10.8 Å². The van der Waals surface area contributed by atoms with E-state index < -0.39 is 5.92 Å². The molecule has 0 saturated carbocycles. The molecule has 5 aromatic rings. The van der Waals surface area contributed by atoms with Gasteiger partial charge < -0.3 is 15.4 Å². The lowest BCUT2D eigenvalue weighted by atomic mass is 9.81. The molecule has 0 fully saturated rings. The van der Waals surface area contributed by atoms with Crippen LogP contribution in [0, 0.1) is 11.3 Å². The van der Waals surface area contributed by atoms with Crippen LogP contribution in [0.1, 0.15) is 29.0 Å². The van der Waals surface area contributed by atoms with Gasteiger partial charge in [0, 0.05) is 16.3 Å². The van der Waals surface area contributed by atoms with Gasteiger partial charge in [0.25, 0.3) is 0 Å². The summed E-state index contributed by atoms with van der Waals surface area (Å²) in [7, 11) is 0. The fourth-order valence-electron chi connectivity index (χ4n) is 5.10. The molecule has 4 aromatic carbocycles. The van der Waals surface area contributed by atoms with Crippen molar-refractivity contribution in [2.75, 3.05) is 17.7 Å². The molecule has 0 saturated heterocycles. The zero-order valence-corrected chi connectivity index (χ0v) is 26.1. The molecule has 0 unspecified atom stereocenters. The summed E-state index contributed by atoms with van der Waals surface area (Å²) < 4.78 is 6.55. The molecule has 1 aliphatic heterocycles. The number of para-hydroxylation sites is 1. The normalized spacial score (nSPS) is 14.7. The number of hydrogen-bond acceptors (Lipinski definition) is 7. The first-order valence-corrected chi connectivity index (χ1v) is 16.2. The third-order valence-corrected chi connectivity index (χ3v) is 9.48. The van der Waals surface area contributed by atoms with E-state index in [1.54, 1.807) is 23.5 Å². The quantitative estimate of drug-likeness (QED) is 0.169. The highest BCUT2D eigenvalue weighted by atomic mass is 35.5. The molecule has 0 aliphatic carbocycles. The van der Waals surface area contributed by atoms with Gasteiger partial charge in [0.15, 0.2) is 0 Å². The van der Waals surface area contributed by atoms with Gasteiger partial charge >= 0.3 is 0 Å². The van der Waals surface area contributed by atoms with Gasteiger partial charge in [-0.25, -0.2) is 4.98 Å². The maximum atomic E-state index is 13.1. The molecule has 1 atom stereocenters. The number of thiazole rings is 1. The predicted molar refractivity (Wildman–Crippen MR) is 182 cm³/mol. The minimum Gasteiger partial charge on any atom is -0.494 e. The third-order valence-electron chi connectivity index (χ3n) is 7.05. The van der Waals surface area contributed by atoms with Crippen LogP contribution in [0.3, 0.4) is 0 Å². The number of aromatic nitrogens is 1. The summed E-state index contributed by atoms with van der Waals surface area (Å²) in [6, 6.07) is 35.3. The molecule has 0 spiro atoms. The lowest BCUT2D eigenvalue weighted by Crippen LogP contribution is -2.25. The maximum absolute atomic E-state index is 13.1. The molecule has 1 aliphatic rings. The summed E-state index contributed by atoms with van der Waals surface area (Å²) >= 11 is 9.70. The molecule has 44 heavy (non-hydrogen) atoms. The van der Waals surface area contributed by atoms with Crippen LogP contribution in [0.5, 0.6) is 5.75 Å². The number of nitrogens with zero attached hydrogens (tertiary/aromatic N) is 2. The fraction of sp³-hybridized carbons (Fsp3) is 0.114. The lowest BCUT2D eigenvalue weighted by Gasteiger charge is -2.31. The number of amides is 1. The van der Waals surface area contributed by atoms with Crippen LogP contribution in [-0.4, -0.2) is 23.3 Å². The molecule has 1 aromatic heterocycles. The average molecular weight is 635 g/mol. The van der Waals surface area contributed by atoms with Gasteiger partial charge in [-0.3, -0.25) is 4.79 Å². The summed E-state index contributed by atoms with van der Waals surface area (Å²) in [5.74, 6) is 0.128. The van der Waals surface area contributed by atoms with E-state index in [1.165, 1.54) is 11.8 Å². The standard InChI is InChI=1S/C35H27ClN4O2S2/c1-2-42-24-18-16-23(17-19-24)38-30(41)21-43-34-26(20-37)31(25-12-6-7-13-27(25)36)32(33(40-34)22-10-4-3-5-11-22)35-39-28-14-8-9-15-29(28)44-35/h3-19,31,40H,2,21H2,1H3,(H,38,41)/t31-/m1/s1. The maximum Gasteiger partial charge on any atom is 0.234 e. The second-order valence-corrected chi connectivity index (χ2v) is 12.3. The third kappa shape index (κ3) is 6.22. The topological polar surface area (TPSA) is 87.0 Å². The van der Waals surface area contributed by atoms with Crippen LogP contribution in [0.15, 0.2) is 114 Å². The number of dihydropyridines is 1. The number of thioether (sulfide) groups is 1. The summed E-state index contributed by atoms with van der Waals surface area (Å²) in [5.41, 5.74) is 5.46. The van der Waals surface area contributed by atoms with E-state index in [0.29, 0.717) is 27.9 Å². The Balaban J connectivity index is 1.41. The molecule has 2 N–H and O–H groups in total. The monoisotopic (exact) mass is 634 g/mol. The fourth-order valence-corrected chi connectivity index (χ4v) is 7.24. The number of carbonyl (C=O) groups is 1. The Labute approximate surface area is 269 Å². The van der Waals surface area contributed by atoms with Crippen molar-refractivity contribution in [3.05, 3.63) is 135 Å². The Morgan fingerprint density at radius 1 is 1.02 bits per heavy atom. The number of nitrogens with one attached hydrogen (secondary N) is 2. The van der Waals surface area contributed by atoms with Crippen LogP contribution >= 0.6 is 34.7 Å². The second kappa shape index (κ2) is 13.4. The molecule has 2 heterocycles. The number of nitriles is 1. The number of ether oxygens (including phenoxy) is 1. The van der Waals surface area contributed by atoms with Crippen molar-refractivity contribution >= 4 is 67.8 Å². The predicted octanol–water partition coefficient (Wildman–Crippen LogP) is 8.71. The van der Waals surface area contributed by atoms with E-state index in [0.717, 1.165) is 43.4 Å². The highest BCUT2D eigenvalue weighted by Crippen LogP contribution is 2.50. The molecule has 1 amide bonds. The van der Waals surface area contributed by atoms with Gasteiger partial charge in [-0.2, -0.15) is 5.26 Å². The number of halogens is 1. The number of rotatable bonds is 9. The van der Waals surface area contributed by atoms with Crippen molar-refractivity contribution in [1.29, 1.82) is 5.26 Å². The zero-order chi connectivity index (χ0) is 30.5. The van der Waals surface area contributed by atoms with Crippen molar-refractivity contribution in [3.63, 3.8) is 0 Å². The molecule has 6 nitrogen and oxygen atoms in total. The molecule has 0 radical (unpaired) electrons. The van der Waals surface area contributed by atoms with Crippen molar-refractivity contribution in [1.82, 2.24) is 10.3 Å². The Kier molecular flexibility index (Phi) is 8.99. The summed E-state index contributed by atoms with van der Waals surface area (Å²) in [5, 5.41) is 19.1. The average Bonchev–Trinajstić information content (AvgIpc) is 3.49. The first-order valence-electron chi connectivity index (χ1n) is 14.0. The van der Waals surface area contributed by atoms with Gasteiger partial charge in [-0.1, -0.05) is 84.0 Å². The second-order valence-electron chi connectivity index (χ2n) is 9.87. The molecule has 6 rings (SSSR count). The Bertz CT molecular complexity index is 1900. The van der Waals surface area contributed by atoms with E-state index in [1.807, 2.05) is 97.9 Å². The number of allylic oxidation sites excluding steroid dienone is 2. The van der Waals surface area contributed by atoms with Crippen LogP contribution in [0.25, 0.3) is 21.5 Å². The van der Waals surface area contributed by atoms with Crippen LogP contribution in [-0.2, 0) is 4.79 Å². The van der Waals surface area contributed by atoms with Crippen LogP contribution < -0.4 is 15.4 Å². The van der Waals surface area contributed by atoms with Gasteiger partial charge in [0.05, 0.1) is 50.9 Å². The van der Waals surface area contributed by atoms with Crippen LogP contribution in [0.4, 0.5) is 5.69 Å². The number of benzene rings is 4. The van der Waals surface area contributed by atoms with Crippen molar-refractivity contribution in [2.45, 2.75) is 12.8 Å². The van der Waals surface area contributed by atoms with Crippen molar-refractivity contribution < 1.29 is 9.53 Å². The highest BCUT2D eigenvalue weighted by Gasteiger charge is 2.36. The largest absolute Gasteiger partial charge is 0.494 e. The molecular formula is C35H27ClN4O2S2. The summed E-state index contributed by atoms with van der Waals surface area (Å²) in [6.07, 6.45) is 0. The first-order chi connectivity index (χ1) is 21.6. The Hall–Kier alpha value is -4.55. The van der Waals surface area contributed by atoms with Crippen LogP contribution in [0.2, 0.25) is 5.02 Å². The van der Waals surface area contributed by atoms with Gasteiger partial charge in [-0.15, -0.1) is 11.3 Å². The van der Waals surface area contributed by atoms with E-state index in [4.69, 9.17) is 21.3 Å². The lowest BCUT2D eigenvalue weighted by molar-refractivity contribution is -0.113. The molecular weight excluding hydrogens is 608 g/mol. The van der Waals surface area contributed by atoms with Crippen molar-refractivity contribution in [3.8, 4) is 11.8 Å². The minimum atomic E-state index is -0.512. The molecule has 218 valence electrons. The summed E-state index contributed by atoms with van der Waals surface area (Å²) in [4.78, 5) is 18.1. The Morgan fingerprint density at radius 2 is 1.75 bits per heavy atom. The SMILES string of the molecule is CCOc1ccc(NC(=O)CSC2=C(C#N)[C@@H](c3ccccc3Cl)C(c3nc4ccccc4s3)=C(c3ccccc3)N2)cc1. The van der Waals surface area contributed by atoms with Crippen molar-refractivity contribution in [2.24, 2.45) is 0 Å². The number of anilines is 1. The van der Waals surface area contributed by atoms with E-state index >= 15 is 0 Å². The number of hydrogen-bond donors (Lipinski definition) is 2. The molecule has 0 bridgehead atoms. The zero-order valence-electron chi connectivity index (χ0n) is 23.7. The minimum absolute atomic E-state index is 0.0918.